The van der Waals surface area contributed by atoms with E-state index in [2.05, 4.69) is 5.32 Å². The summed E-state index contributed by atoms with van der Waals surface area (Å²) >= 11 is 13.7. The Morgan fingerprint density at radius 2 is 1.75 bits per heavy atom. The summed E-state index contributed by atoms with van der Waals surface area (Å²) in [5, 5.41) is 3.86. The maximum Gasteiger partial charge on any atom is 0.242 e. The van der Waals surface area contributed by atoms with E-state index in [1.165, 1.54) is 11.8 Å². The molecule has 4 nitrogen and oxygen atoms in total. The van der Waals surface area contributed by atoms with Gasteiger partial charge < -0.3 is 10.2 Å². The van der Waals surface area contributed by atoms with Crippen molar-refractivity contribution in [2.45, 2.75) is 44.3 Å². The summed E-state index contributed by atoms with van der Waals surface area (Å²) in [6.45, 7) is 5.74. The molecule has 2 amide bonds. The fraction of sp³-hybridized carbons (Fsp3) is 0.333. The zero-order valence-corrected chi connectivity index (χ0v) is 18.4. The van der Waals surface area contributed by atoms with Crippen molar-refractivity contribution in [2.24, 2.45) is 0 Å². The van der Waals surface area contributed by atoms with Crippen LogP contribution in [0.15, 0.2) is 53.4 Å². The molecule has 0 aliphatic rings. The summed E-state index contributed by atoms with van der Waals surface area (Å²) in [7, 11) is 0. The van der Waals surface area contributed by atoms with Crippen molar-refractivity contribution in [3.05, 3.63) is 64.1 Å². The van der Waals surface area contributed by atoms with Crippen LogP contribution in [0.4, 0.5) is 0 Å². The molecule has 1 N–H and O–H groups in total. The molecule has 2 rings (SSSR count). The third-order valence-electron chi connectivity index (χ3n) is 4.06. The van der Waals surface area contributed by atoms with Gasteiger partial charge in [-0.05, 0) is 50.6 Å². The van der Waals surface area contributed by atoms with E-state index in [4.69, 9.17) is 23.2 Å². The number of halogens is 2. The first-order chi connectivity index (χ1) is 13.3. The van der Waals surface area contributed by atoms with E-state index >= 15 is 0 Å². The van der Waals surface area contributed by atoms with Crippen molar-refractivity contribution >= 4 is 46.8 Å². The summed E-state index contributed by atoms with van der Waals surface area (Å²) in [5.74, 6) is -0.0986. The number of hydrogen-bond acceptors (Lipinski definition) is 3. The zero-order valence-electron chi connectivity index (χ0n) is 16.1. The third kappa shape index (κ3) is 6.73. The number of carbonyl (C=O) groups is 2. The largest absolute Gasteiger partial charge is 0.352 e. The predicted octanol–water partition coefficient (Wildman–Crippen LogP) is 5.03. The van der Waals surface area contributed by atoms with Gasteiger partial charge in [-0.1, -0.05) is 47.5 Å². The van der Waals surface area contributed by atoms with Crippen molar-refractivity contribution in [1.29, 1.82) is 0 Å². The average molecular weight is 439 g/mol. The van der Waals surface area contributed by atoms with Crippen LogP contribution in [0.25, 0.3) is 0 Å². The average Bonchev–Trinajstić information content (AvgIpc) is 2.65. The van der Waals surface area contributed by atoms with Gasteiger partial charge in [-0.2, -0.15) is 0 Å². The first-order valence-corrected chi connectivity index (χ1v) is 10.7. The lowest BCUT2D eigenvalue weighted by atomic mass is 10.1. The minimum atomic E-state index is -0.627. The van der Waals surface area contributed by atoms with Crippen molar-refractivity contribution < 1.29 is 9.59 Å². The van der Waals surface area contributed by atoms with Gasteiger partial charge in [0.15, 0.2) is 0 Å². The number of nitrogens with one attached hydrogen (secondary N) is 1. The second-order valence-corrected chi connectivity index (χ2v) is 8.59. The van der Waals surface area contributed by atoms with Crippen LogP contribution in [0.3, 0.4) is 0 Å². The summed E-state index contributed by atoms with van der Waals surface area (Å²) in [6, 6.07) is 14.2. The van der Waals surface area contributed by atoms with Crippen LogP contribution in [-0.2, 0) is 16.1 Å². The van der Waals surface area contributed by atoms with Gasteiger partial charge >= 0.3 is 0 Å². The summed E-state index contributed by atoms with van der Waals surface area (Å²) in [5.41, 5.74) is 0.744. The molecule has 150 valence electrons. The summed E-state index contributed by atoms with van der Waals surface area (Å²) in [6.07, 6.45) is 0. The van der Waals surface area contributed by atoms with Crippen molar-refractivity contribution in [2.75, 3.05) is 5.75 Å². The molecule has 0 aliphatic carbocycles. The van der Waals surface area contributed by atoms with E-state index < -0.39 is 6.04 Å². The molecule has 0 bridgehead atoms. The summed E-state index contributed by atoms with van der Waals surface area (Å²) < 4.78 is 0. The maximum atomic E-state index is 13.0. The van der Waals surface area contributed by atoms with E-state index in [1.807, 2.05) is 44.2 Å². The number of nitrogens with zero attached hydrogens (tertiary/aromatic N) is 1. The molecule has 2 aromatic rings. The smallest absolute Gasteiger partial charge is 0.242 e. The number of rotatable bonds is 8. The molecule has 1 unspecified atom stereocenters. The van der Waals surface area contributed by atoms with Crippen molar-refractivity contribution in [3.63, 3.8) is 0 Å². The SMILES string of the molecule is CC(C)NC(=O)C(C)N(Cc1ccc(Cl)cc1Cl)C(=O)CSc1ccccc1. The molecule has 0 fully saturated rings. The minimum absolute atomic E-state index is 0.00952. The van der Waals surface area contributed by atoms with Gasteiger partial charge in [0.2, 0.25) is 11.8 Å². The van der Waals surface area contributed by atoms with E-state index in [0.717, 1.165) is 10.5 Å². The molecule has 7 heteroatoms. The Hall–Kier alpha value is -1.69. The van der Waals surface area contributed by atoms with Crippen LogP contribution >= 0.6 is 35.0 Å². The Balaban J connectivity index is 2.18. The van der Waals surface area contributed by atoms with Gasteiger partial charge in [-0.25, -0.2) is 0 Å². The molecule has 0 aromatic heterocycles. The van der Waals surface area contributed by atoms with E-state index in [1.54, 1.807) is 30.0 Å². The standard InChI is InChI=1S/C21H24Cl2N2O2S/c1-14(2)24-21(27)15(3)25(12-16-9-10-17(22)11-19(16)23)20(26)13-28-18-7-5-4-6-8-18/h4-11,14-15H,12-13H2,1-3H3,(H,24,27). The van der Waals surface area contributed by atoms with Gasteiger partial charge in [0, 0.05) is 27.5 Å². The number of amides is 2. The van der Waals surface area contributed by atoms with Crippen LogP contribution in [0.2, 0.25) is 10.0 Å². The van der Waals surface area contributed by atoms with Crippen LogP contribution in [-0.4, -0.2) is 34.6 Å². The minimum Gasteiger partial charge on any atom is -0.352 e. The van der Waals surface area contributed by atoms with E-state index in [0.29, 0.717) is 10.0 Å². The molecular formula is C21H24Cl2N2O2S. The highest BCUT2D eigenvalue weighted by atomic mass is 35.5. The van der Waals surface area contributed by atoms with Gasteiger partial charge in [0.25, 0.3) is 0 Å². The van der Waals surface area contributed by atoms with Crippen molar-refractivity contribution in [3.8, 4) is 0 Å². The highest BCUT2D eigenvalue weighted by Gasteiger charge is 2.27. The molecular weight excluding hydrogens is 415 g/mol. The van der Waals surface area contributed by atoms with Crippen molar-refractivity contribution in [1.82, 2.24) is 10.2 Å². The Bertz CT molecular complexity index is 815. The molecule has 0 saturated carbocycles. The van der Waals surface area contributed by atoms with Gasteiger partial charge in [-0.15, -0.1) is 11.8 Å². The Morgan fingerprint density at radius 1 is 1.07 bits per heavy atom. The lowest BCUT2D eigenvalue weighted by Gasteiger charge is -2.29. The van der Waals surface area contributed by atoms with Crippen LogP contribution in [0, 0.1) is 0 Å². The Kier molecular flexibility index (Phi) is 8.67. The van der Waals surface area contributed by atoms with E-state index in [-0.39, 0.29) is 30.2 Å². The number of benzene rings is 2. The highest BCUT2D eigenvalue weighted by Crippen LogP contribution is 2.24. The molecule has 0 saturated heterocycles. The van der Waals surface area contributed by atoms with Crippen LogP contribution < -0.4 is 5.32 Å². The highest BCUT2D eigenvalue weighted by molar-refractivity contribution is 8.00. The fourth-order valence-corrected chi connectivity index (χ4v) is 3.84. The lowest BCUT2D eigenvalue weighted by Crippen LogP contribution is -2.49. The second-order valence-electron chi connectivity index (χ2n) is 6.70. The number of hydrogen-bond donors (Lipinski definition) is 1. The predicted molar refractivity (Wildman–Crippen MR) is 117 cm³/mol. The van der Waals surface area contributed by atoms with Gasteiger partial charge in [0.05, 0.1) is 5.75 Å². The zero-order chi connectivity index (χ0) is 20.7. The number of thioether (sulfide) groups is 1. The third-order valence-corrected chi connectivity index (χ3v) is 5.64. The fourth-order valence-electron chi connectivity index (χ4n) is 2.57. The Morgan fingerprint density at radius 3 is 2.36 bits per heavy atom. The normalized spacial score (nSPS) is 11.9. The summed E-state index contributed by atoms with van der Waals surface area (Å²) in [4.78, 5) is 28.1. The molecule has 28 heavy (non-hydrogen) atoms. The van der Waals surface area contributed by atoms with Gasteiger partial charge in [-0.3, -0.25) is 9.59 Å². The molecule has 0 aliphatic heterocycles. The molecule has 0 spiro atoms. The first-order valence-electron chi connectivity index (χ1n) is 8.99. The van der Waals surface area contributed by atoms with Gasteiger partial charge in [0.1, 0.15) is 6.04 Å². The number of carbonyl (C=O) groups excluding carboxylic acids is 2. The maximum absolute atomic E-state index is 13.0. The molecule has 2 aromatic carbocycles. The topological polar surface area (TPSA) is 49.4 Å². The lowest BCUT2D eigenvalue weighted by molar-refractivity contribution is -0.138. The van der Waals surface area contributed by atoms with Crippen LogP contribution in [0.5, 0.6) is 0 Å². The first kappa shape index (κ1) is 22.6. The molecule has 1 atom stereocenters. The molecule has 0 heterocycles. The molecule has 0 radical (unpaired) electrons. The van der Waals surface area contributed by atoms with E-state index in [9.17, 15) is 9.59 Å². The monoisotopic (exact) mass is 438 g/mol. The Labute approximate surface area is 180 Å². The second kappa shape index (κ2) is 10.7. The van der Waals surface area contributed by atoms with Crippen LogP contribution in [0.1, 0.15) is 26.3 Å². The quantitative estimate of drug-likeness (QED) is 0.587.